The fraction of sp³-hybridized carbons (Fsp3) is 0.0833. The van der Waals surface area contributed by atoms with Gasteiger partial charge in [0.05, 0.1) is 19.0 Å². The first kappa shape index (κ1) is 9.52. The lowest BCUT2D eigenvalue weighted by molar-refractivity contribution is 0.415. The molecule has 0 aliphatic carbocycles. The number of nitrogens with zero attached hydrogens (tertiary/aromatic N) is 1. The predicted molar refractivity (Wildman–Crippen MR) is 57.9 cm³/mol. The molecule has 0 atom stereocenters. The summed E-state index contributed by atoms with van der Waals surface area (Å²) in [4.78, 5) is 4.11. The van der Waals surface area contributed by atoms with Crippen LogP contribution < -0.4 is 4.74 Å². The number of hydrogen-bond acceptors (Lipinski definition) is 3. The summed E-state index contributed by atoms with van der Waals surface area (Å²) in [5, 5.41) is 9.10. The van der Waals surface area contributed by atoms with E-state index in [4.69, 9.17) is 9.84 Å². The van der Waals surface area contributed by atoms with Crippen LogP contribution in [0.25, 0.3) is 11.3 Å². The zero-order valence-electron chi connectivity index (χ0n) is 8.34. The van der Waals surface area contributed by atoms with Crippen molar-refractivity contribution in [3.8, 4) is 22.8 Å². The first-order valence-electron chi connectivity index (χ1n) is 4.59. The first-order valence-corrected chi connectivity index (χ1v) is 4.59. The van der Waals surface area contributed by atoms with Crippen molar-refractivity contribution < 1.29 is 9.84 Å². The van der Waals surface area contributed by atoms with Gasteiger partial charge in [0.25, 0.3) is 0 Å². The summed E-state index contributed by atoms with van der Waals surface area (Å²) in [6, 6.07) is 11.0. The molecule has 0 aliphatic rings. The Kier molecular flexibility index (Phi) is 2.54. The summed E-state index contributed by atoms with van der Waals surface area (Å²) in [6.07, 6.45) is 1.43. The van der Waals surface area contributed by atoms with Crippen molar-refractivity contribution in [1.29, 1.82) is 0 Å². The number of hydrogen-bond donors (Lipinski definition) is 1. The maximum absolute atomic E-state index is 9.10. The molecule has 0 unspecified atom stereocenters. The molecule has 3 nitrogen and oxygen atoms in total. The van der Waals surface area contributed by atoms with Gasteiger partial charge in [-0.15, -0.1) is 0 Å². The molecule has 2 rings (SSSR count). The summed E-state index contributed by atoms with van der Waals surface area (Å²) >= 11 is 0. The number of pyridine rings is 1. The molecule has 0 radical (unpaired) electrons. The van der Waals surface area contributed by atoms with Crippen LogP contribution in [0.15, 0.2) is 42.6 Å². The van der Waals surface area contributed by atoms with Crippen LogP contribution >= 0.6 is 0 Å². The van der Waals surface area contributed by atoms with Crippen LogP contribution in [0.1, 0.15) is 0 Å². The molecule has 1 N–H and O–H groups in total. The lowest BCUT2D eigenvalue weighted by atomic mass is 10.1. The van der Waals surface area contributed by atoms with Gasteiger partial charge < -0.3 is 9.84 Å². The largest absolute Gasteiger partial charge is 0.506 e. The molecule has 1 aromatic carbocycles. The van der Waals surface area contributed by atoms with Crippen molar-refractivity contribution in [1.82, 2.24) is 4.98 Å². The molecule has 15 heavy (non-hydrogen) atoms. The Morgan fingerprint density at radius 1 is 1.07 bits per heavy atom. The average molecular weight is 201 g/mol. The topological polar surface area (TPSA) is 42.4 Å². The third kappa shape index (κ3) is 2.07. The molecular formula is C12H11NO2. The van der Waals surface area contributed by atoms with Crippen LogP contribution in [0.5, 0.6) is 11.5 Å². The third-order valence-electron chi connectivity index (χ3n) is 2.13. The molecule has 0 bridgehead atoms. The van der Waals surface area contributed by atoms with Gasteiger partial charge >= 0.3 is 0 Å². The summed E-state index contributed by atoms with van der Waals surface area (Å²) in [7, 11) is 1.63. The van der Waals surface area contributed by atoms with Gasteiger partial charge in [-0.05, 0) is 36.4 Å². The maximum atomic E-state index is 9.10. The smallest absolute Gasteiger partial charge is 0.133 e. The maximum Gasteiger partial charge on any atom is 0.133 e. The van der Waals surface area contributed by atoms with E-state index in [1.807, 2.05) is 24.3 Å². The minimum absolute atomic E-state index is 0.173. The Morgan fingerprint density at radius 3 is 2.33 bits per heavy atom. The van der Waals surface area contributed by atoms with Gasteiger partial charge in [-0.2, -0.15) is 0 Å². The van der Waals surface area contributed by atoms with Crippen molar-refractivity contribution in [3.05, 3.63) is 42.6 Å². The summed E-state index contributed by atoms with van der Waals surface area (Å²) in [5.41, 5.74) is 1.83. The Labute approximate surface area is 88.0 Å². The van der Waals surface area contributed by atoms with E-state index < -0.39 is 0 Å². The van der Waals surface area contributed by atoms with E-state index in [-0.39, 0.29) is 5.75 Å². The van der Waals surface area contributed by atoms with Crippen molar-refractivity contribution >= 4 is 0 Å². The van der Waals surface area contributed by atoms with E-state index >= 15 is 0 Å². The minimum Gasteiger partial charge on any atom is -0.506 e. The molecule has 1 aromatic heterocycles. The van der Waals surface area contributed by atoms with E-state index in [1.165, 1.54) is 6.20 Å². The van der Waals surface area contributed by atoms with Crippen molar-refractivity contribution in [2.45, 2.75) is 0 Å². The molecule has 76 valence electrons. The lowest BCUT2D eigenvalue weighted by Gasteiger charge is -2.02. The lowest BCUT2D eigenvalue weighted by Crippen LogP contribution is -1.84. The number of ether oxygens (including phenoxy) is 1. The number of rotatable bonds is 2. The second-order valence-corrected chi connectivity index (χ2v) is 3.13. The highest BCUT2D eigenvalue weighted by Gasteiger charge is 1.99. The van der Waals surface area contributed by atoms with Crippen LogP contribution in [-0.4, -0.2) is 17.2 Å². The standard InChI is InChI=1S/C12H11NO2/c1-15-11-5-2-9(3-6-11)12-7-4-10(14)8-13-12/h2-8,14H,1H3. The number of aromatic hydroxyl groups is 1. The Hall–Kier alpha value is -2.03. The molecule has 0 amide bonds. The molecule has 2 aromatic rings. The van der Waals surface area contributed by atoms with Gasteiger partial charge in [-0.1, -0.05) is 0 Å². The van der Waals surface area contributed by atoms with Gasteiger partial charge in [0.1, 0.15) is 11.5 Å². The van der Waals surface area contributed by atoms with E-state index in [2.05, 4.69) is 4.98 Å². The first-order chi connectivity index (χ1) is 7.29. The molecule has 0 fully saturated rings. The summed E-state index contributed by atoms with van der Waals surface area (Å²) < 4.78 is 5.06. The molecule has 0 aliphatic heterocycles. The van der Waals surface area contributed by atoms with Gasteiger partial charge in [0.2, 0.25) is 0 Å². The van der Waals surface area contributed by atoms with Crippen LogP contribution in [0.2, 0.25) is 0 Å². The second-order valence-electron chi connectivity index (χ2n) is 3.13. The molecule has 0 saturated heterocycles. The minimum atomic E-state index is 0.173. The fourth-order valence-corrected chi connectivity index (χ4v) is 1.32. The third-order valence-corrected chi connectivity index (χ3v) is 2.13. The molecule has 0 spiro atoms. The molecule has 3 heteroatoms. The van der Waals surface area contributed by atoms with Crippen molar-refractivity contribution in [2.24, 2.45) is 0 Å². The van der Waals surface area contributed by atoms with Crippen molar-refractivity contribution in [2.75, 3.05) is 7.11 Å². The van der Waals surface area contributed by atoms with Crippen molar-refractivity contribution in [3.63, 3.8) is 0 Å². The number of methoxy groups -OCH3 is 1. The van der Waals surface area contributed by atoms with Gasteiger partial charge in [-0.3, -0.25) is 4.98 Å². The quantitative estimate of drug-likeness (QED) is 0.811. The predicted octanol–water partition coefficient (Wildman–Crippen LogP) is 2.46. The van der Waals surface area contributed by atoms with E-state index in [9.17, 15) is 0 Å². The summed E-state index contributed by atoms with van der Waals surface area (Å²) in [5.74, 6) is 0.991. The molecular weight excluding hydrogens is 190 g/mol. The van der Waals surface area contributed by atoms with Crippen LogP contribution in [0.3, 0.4) is 0 Å². The number of benzene rings is 1. The number of aromatic nitrogens is 1. The van der Waals surface area contributed by atoms with E-state index in [1.54, 1.807) is 19.2 Å². The Balaban J connectivity index is 2.33. The zero-order chi connectivity index (χ0) is 10.7. The summed E-state index contributed by atoms with van der Waals surface area (Å²) in [6.45, 7) is 0. The zero-order valence-corrected chi connectivity index (χ0v) is 8.34. The van der Waals surface area contributed by atoms with E-state index in [0.29, 0.717) is 0 Å². The monoisotopic (exact) mass is 201 g/mol. The molecule has 0 saturated carbocycles. The fourth-order valence-electron chi connectivity index (χ4n) is 1.32. The van der Waals surface area contributed by atoms with Crippen LogP contribution in [0, 0.1) is 0 Å². The SMILES string of the molecule is COc1ccc(-c2ccc(O)cn2)cc1. The van der Waals surface area contributed by atoms with Gasteiger partial charge in [-0.25, -0.2) is 0 Å². The Morgan fingerprint density at radius 2 is 1.80 bits per heavy atom. The highest BCUT2D eigenvalue weighted by Crippen LogP contribution is 2.21. The van der Waals surface area contributed by atoms with E-state index in [0.717, 1.165) is 17.0 Å². The van der Waals surface area contributed by atoms with Gasteiger partial charge in [0, 0.05) is 5.56 Å². The second kappa shape index (κ2) is 4.00. The highest BCUT2D eigenvalue weighted by molar-refractivity contribution is 5.60. The molecule has 1 heterocycles. The normalized spacial score (nSPS) is 9.93. The van der Waals surface area contributed by atoms with Gasteiger partial charge in [0.15, 0.2) is 0 Å². The highest BCUT2D eigenvalue weighted by atomic mass is 16.5. The average Bonchev–Trinajstić information content (AvgIpc) is 2.30. The van der Waals surface area contributed by atoms with Crippen LogP contribution in [-0.2, 0) is 0 Å². The Bertz CT molecular complexity index is 434. The van der Waals surface area contributed by atoms with Crippen LogP contribution in [0.4, 0.5) is 0 Å².